The van der Waals surface area contributed by atoms with Gasteiger partial charge in [0.2, 0.25) is 0 Å². The molecule has 7 N–H and O–H groups in total. The molecule has 0 bridgehead atoms. The molecule has 11 heteroatoms. The van der Waals surface area contributed by atoms with Crippen molar-refractivity contribution in [3.63, 3.8) is 0 Å². The van der Waals surface area contributed by atoms with E-state index in [0.717, 1.165) is 24.6 Å². The van der Waals surface area contributed by atoms with Gasteiger partial charge >= 0.3 is 17.9 Å². The number of carboxylic acid groups (broad SMARTS) is 3. The van der Waals surface area contributed by atoms with Crippen LogP contribution in [0.5, 0.6) is 0 Å². The summed E-state index contributed by atoms with van der Waals surface area (Å²) in [4.78, 5) is 45.5. The van der Waals surface area contributed by atoms with Crippen LogP contribution < -0.4 is 11.1 Å². The average Bonchev–Trinajstić information content (AvgIpc) is 2.88. The summed E-state index contributed by atoms with van der Waals surface area (Å²) in [5.74, 6) is -3.56. The second kappa shape index (κ2) is 23.2. The highest BCUT2D eigenvalue weighted by atomic mass is 32.2. The van der Waals surface area contributed by atoms with Crippen molar-refractivity contribution in [1.29, 1.82) is 0 Å². The maximum atomic E-state index is 12.1. The first-order valence-corrected chi connectivity index (χ1v) is 14.2. The summed E-state index contributed by atoms with van der Waals surface area (Å²) in [7, 11) is 0. The number of nitrogens with one attached hydrogen (secondary N) is 1. The molecule has 0 aliphatic carbocycles. The molecule has 4 atom stereocenters. The van der Waals surface area contributed by atoms with E-state index < -0.39 is 42.1 Å². The molecular weight excluding hydrogens is 524 g/mol. The Kier molecular flexibility index (Phi) is 21.6. The third-order valence-electron chi connectivity index (χ3n) is 5.58. The lowest BCUT2D eigenvalue weighted by Gasteiger charge is -2.25. The van der Waals surface area contributed by atoms with Gasteiger partial charge in [-0.05, 0) is 38.5 Å². The van der Waals surface area contributed by atoms with Crippen LogP contribution in [0.1, 0.15) is 71.1 Å². The zero-order valence-corrected chi connectivity index (χ0v) is 23.4. The molecule has 0 unspecified atom stereocenters. The lowest BCUT2D eigenvalue weighted by atomic mass is 10.0. The lowest BCUT2D eigenvalue weighted by molar-refractivity contribution is -0.140. The maximum absolute atomic E-state index is 12.1. The standard InChI is InChI=1S/C28H44N2O8S/c1-2-3-4-5-6-7-8-9-10-11-12-13-15-22(24(31)16-14-17-25(32)33)30-23(28(37)38)18-19-26(34)39-20-21(29)27(35)36/h6-7,9-13,15,21-24,30-31H,2-5,8,14,16-20,29H2,1H3,(H,32,33)(H,35,36)(H,37,38)/b7-6-,10-9-,12-11+,15-13+/t21-,22+,23-,24-/m0/s1. The van der Waals surface area contributed by atoms with Gasteiger partial charge in [-0.2, -0.15) is 0 Å². The number of aliphatic hydroxyl groups excluding tert-OH is 1. The summed E-state index contributed by atoms with van der Waals surface area (Å²) in [6.45, 7) is 2.17. The van der Waals surface area contributed by atoms with E-state index in [9.17, 15) is 29.4 Å². The van der Waals surface area contributed by atoms with Crippen molar-refractivity contribution in [3.8, 4) is 0 Å². The van der Waals surface area contributed by atoms with E-state index in [0.29, 0.717) is 0 Å². The van der Waals surface area contributed by atoms with Crippen molar-refractivity contribution in [1.82, 2.24) is 5.32 Å². The number of carbonyl (C=O) groups excluding carboxylic acids is 1. The largest absolute Gasteiger partial charge is 0.481 e. The summed E-state index contributed by atoms with van der Waals surface area (Å²) in [6, 6.07) is -3.17. The topological polar surface area (TPSA) is 187 Å². The Balaban J connectivity index is 5.06. The van der Waals surface area contributed by atoms with Crippen molar-refractivity contribution >= 4 is 34.8 Å². The molecule has 0 amide bonds. The molecule has 0 aromatic carbocycles. The highest BCUT2D eigenvalue weighted by Gasteiger charge is 2.25. The van der Waals surface area contributed by atoms with E-state index in [4.69, 9.17) is 15.9 Å². The van der Waals surface area contributed by atoms with Gasteiger partial charge in [0, 0.05) is 18.6 Å². The first kappa shape index (κ1) is 36.3. The predicted molar refractivity (Wildman–Crippen MR) is 153 cm³/mol. The normalized spacial score (nSPS) is 15.3. The Morgan fingerprint density at radius 2 is 1.59 bits per heavy atom. The van der Waals surface area contributed by atoms with E-state index in [1.165, 1.54) is 19.3 Å². The Labute approximate surface area is 235 Å². The Morgan fingerprint density at radius 3 is 2.23 bits per heavy atom. The van der Waals surface area contributed by atoms with Gasteiger partial charge in [-0.3, -0.25) is 24.5 Å². The van der Waals surface area contributed by atoms with Crippen LogP contribution in [-0.4, -0.2) is 73.4 Å². The Hall–Kier alpha value is -2.73. The third kappa shape index (κ3) is 20.9. The van der Waals surface area contributed by atoms with Crippen LogP contribution in [0.3, 0.4) is 0 Å². The summed E-state index contributed by atoms with van der Waals surface area (Å²) in [5.41, 5.74) is 5.38. The number of hydrogen-bond donors (Lipinski definition) is 6. The minimum Gasteiger partial charge on any atom is -0.481 e. The summed E-state index contributed by atoms with van der Waals surface area (Å²) < 4.78 is 0. The van der Waals surface area contributed by atoms with Crippen LogP contribution in [0.2, 0.25) is 0 Å². The number of carboxylic acids is 3. The van der Waals surface area contributed by atoms with E-state index in [-0.39, 0.29) is 43.0 Å². The van der Waals surface area contributed by atoms with Crippen LogP contribution in [0.15, 0.2) is 48.6 Å². The second-order valence-corrected chi connectivity index (χ2v) is 10.1. The van der Waals surface area contributed by atoms with Crippen molar-refractivity contribution in [3.05, 3.63) is 48.6 Å². The quantitative estimate of drug-likeness (QED) is 0.0600. The zero-order valence-electron chi connectivity index (χ0n) is 22.6. The molecule has 10 nitrogen and oxygen atoms in total. The molecule has 0 radical (unpaired) electrons. The fourth-order valence-corrected chi connectivity index (χ4v) is 4.08. The van der Waals surface area contributed by atoms with Gasteiger partial charge in [0.1, 0.15) is 12.1 Å². The molecule has 0 fully saturated rings. The molecule has 39 heavy (non-hydrogen) atoms. The summed E-state index contributed by atoms with van der Waals surface area (Å²) in [5, 5.41) is 40.4. The first-order valence-electron chi connectivity index (χ1n) is 13.3. The average molecular weight is 569 g/mol. The molecular formula is C28H44N2O8S. The number of allylic oxidation sites excluding steroid dienone is 7. The highest BCUT2D eigenvalue weighted by Crippen LogP contribution is 2.13. The smallest absolute Gasteiger partial charge is 0.321 e. The molecule has 0 saturated heterocycles. The van der Waals surface area contributed by atoms with Crippen LogP contribution in [0.25, 0.3) is 0 Å². The van der Waals surface area contributed by atoms with Crippen molar-refractivity contribution < 1.29 is 39.6 Å². The predicted octanol–water partition coefficient (Wildman–Crippen LogP) is 3.66. The number of rotatable bonds is 23. The van der Waals surface area contributed by atoms with Gasteiger partial charge in [0.15, 0.2) is 5.12 Å². The van der Waals surface area contributed by atoms with Crippen LogP contribution >= 0.6 is 11.8 Å². The van der Waals surface area contributed by atoms with E-state index >= 15 is 0 Å². The monoisotopic (exact) mass is 568 g/mol. The summed E-state index contributed by atoms with van der Waals surface area (Å²) >= 11 is 0.732. The maximum Gasteiger partial charge on any atom is 0.321 e. The fraction of sp³-hybridized carbons (Fsp3) is 0.571. The van der Waals surface area contributed by atoms with E-state index in [1.807, 2.05) is 18.2 Å². The molecule has 220 valence electrons. The minimum atomic E-state index is -1.23. The van der Waals surface area contributed by atoms with E-state index in [1.54, 1.807) is 18.2 Å². The molecule has 0 aromatic rings. The SMILES string of the molecule is CCCCC/C=C\C\C=C/C=C/C=C/[C@@H](N[C@@H](CCC(=O)SC[C@H](N)C(=O)O)C(=O)O)[C@@H](O)CCCC(=O)O. The van der Waals surface area contributed by atoms with E-state index in [2.05, 4.69) is 24.4 Å². The van der Waals surface area contributed by atoms with Gasteiger partial charge in [0.25, 0.3) is 0 Å². The van der Waals surface area contributed by atoms with Crippen molar-refractivity contribution in [2.45, 2.75) is 95.4 Å². The molecule has 0 saturated carbocycles. The Morgan fingerprint density at radius 1 is 0.872 bits per heavy atom. The first-order chi connectivity index (χ1) is 18.6. The number of unbranched alkanes of at least 4 members (excludes halogenated alkanes) is 3. The van der Waals surface area contributed by atoms with Crippen LogP contribution in [0, 0.1) is 0 Å². The minimum absolute atomic E-state index is 0.0831. The molecule has 0 spiro atoms. The number of aliphatic hydroxyl groups is 1. The number of nitrogens with two attached hydrogens (primary N) is 1. The summed E-state index contributed by atoms with van der Waals surface area (Å²) in [6.07, 6.45) is 19.4. The van der Waals surface area contributed by atoms with Crippen molar-refractivity contribution in [2.75, 3.05) is 5.75 Å². The lowest BCUT2D eigenvalue weighted by Crippen LogP contribution is -2.48. The van der Waals surface area contributed by atoms with Crippen LogP contribution in [0.4, 0.5) is 0 Å². The van der Waals surface area contributed by atoms with Gasteiger partial charge in [-0.1, -0.05) is 80.1 Å². The molecule has 0 aromatic heterocycles. The molecule has 0 aliphatic rings. The second-order valence-electron chi connectivity index (χ2n) is 9.00. The van der Waals surface area contributed by atoms with Gasteiger partial charge in [0.05, 0.1) is 12.1 Å². The zero-order chi connectivity index (χ0) is 29.5. The molecule has 0 rings (SSSR count). The van der Waals surface area contributed by atoms with Gasteiger partial charge in [-0.15, -0.1) is 0 Å². The fourth-order valence-electron chi connectivity index (χ4n) is 3.31. The third-order valence-corrected chi connectivity index (χ3v) is 6.63. The highest BCUT2D eigenvalue weighted by molar-refractivity contribution is 8.13. The Bertz CT molecular complexity index is 857. The number of hydrogen-bond acceptors (Lipinski definition) is 8. The van der Waals surface area contributed by atoms with Crippen LogP contribution in [-0.2, 0) is 19.2 Å². The molecule has 0 heterocycles. The number of carbonyl (C=O) groups is 4. The van der Waals surface area contributed by atoms with Crippen molar-refractivity contribution in [2.24, 2.45) is 5.73 Å². The number of thioether (sulfide) groups is 1. The van der Waals surface area contributed by atoms with Gasteiger partial charge in [-0.25, -0.2) is 0 Å². The van der Waals surface area contributed by atoms with Gasteiger partial charge < -0.3 is 26.2 Å². The number of aliphatic carboxylic acids is 3. The molecule has 0 aliphatic heterocycles.